The maximum Gasteiger partial charge on any atom is 0.246 e. The number of thiophene rings is 1. The van der Waals surface area contributed by atoms with E-state index in [0.717, 1.165) is 50.8 Å². The zero-order valence-corrected chi connectivity index (χ0v) is 19.1. The number of nitrogens with zero attached hydrogens (tertiary/aromatic N) is 4. The third-order valence-electron chi connectivity index (χ3n) is 6.78. The maximum absolute atomic E-state index is 12.0. The Labute approximate surface area is 183 Å². The van der Waals surface area contributed by atoms with E-state index in [-0.39, 0.29) is 11.9 Å². The molecule has 2 aliphatic rings. The standard InChI is InChI=1S/C23H34N4O2S/c1-3-22(28)27(29-2)19-6-4-18(5-7-19)9-12-25-13-15-26(16-14-25)23-20-10-17-30-21(20)8-11-24-23/h8,10-11,17-19H,3-7,9,12-16H2,1-2H3. The summed E-state index contributed by atoms with van der Waals surface area (Å²) in [6.45, 7) is 7.41. The van der Waals surface area contributed by atoms with Gasteiger partial charge in [0.25, 0.3) is 0 Å². The van der Waals surface area contributed by atoms with Crippen molar-refractivity contribution in [2.45, 2.75) is 51.5 Å². The van der Waals surface area contributed by atoms with E-state index in [1.807, 2.05) is 13.1 Å². The lowest BCUT2D eigenvalue weighted by atomic mass is 9.83. The van der Waals surface area contributed by atoms with Crippen LogP contribution in [0.4, 0.5) is 5.82 Å². The minimum atomic E-state index is 0.103. The Kier molecular flexibility index (Phi) is 7.23. The number of pyridine rings is 1. The summed E-state index contributed by atoms with van der Waals surface area (Å²) in [6, 6.07) is 4.57. The number of amides is 1. The number of aromatic nitrogens is 1. The van der Waals surface area contributed by atoms with Crippen LogP contribution in [0.25, 0.3) is 10.1 Å². The molecular weight excluding hydrogens is 396 g/mol. The largest absolute Gasteiger partial charge is 0.354 e. The average Bonchev–Trinajstić information content (AvgIpc) is 3.28. The lowest BCUT2D eigenvalue weighted by molar-refractivity contribution is -0.192. The molecule has 0 atom stereocenters. The minimum Gasteiger partial charge on any atom is -0.354 e. The van der Waals surface area contributed by atoms with Crippen molar-refractivity contribution in [3.63, 3.8) is 0 Å². The van der Waals surface area contributed by atoms with Crippen molar-refractivity contribution in [3.8, 4) is 0 Å². The Bertz CT molecular complexity index is 825. The first-order chi connectivity index (χ1) is 14.7. The summed E-state index contributed by atoms with van der Waals surface area (Å²) in [7, 11) is 1.62. The van der Waals surface area contributed by atoms with Crippen LogP contribution in [0.2, 0.25) is 0 Å². The van der Waals surface area contributed by atoms with Crippen LogP contribution in [0.1, 0.15) is 45.4 Å². The number of hydroxylamine groups is 2. The van der Waals surface area contributed by atoms with Crippen molar-refractivity contribution < 1.29 is 9.63 Å². The number of fused-ring (bicyclic) bond motifs is 1. The van der Waals surface area contributed by atoms with Crippen LogP contribution in [0, 0.1) is 5.92 Å². The molecule has 164 valence electrons. The SMILES string of the molecule is CCC(=O)N(OC)C1CCC(CCN2CCN(c3nccc4sccc34)CC2)CC1. The highest BCUT2D eigenvalue weighted by Gasteiger charge is 2.29. The van der Waals surface area contributed by atoms with E-state index in [9.17, 15) is 4.79 Å². The number of carbonyl (C=O) groups excluding carboxylic acids is 1. The summed E-state index contributed by atoms with van der Waals surface area (Å²) in [6.07, 6.45) is 8.24. The van der Waals surface area contributed by atoms with E-state index in [4.69, 9.17) is 4.84 Å². The van der Waals surface area contributed by atoms with Crippen molar-refractivity contribution in [3.05, 3.63) is 23.7 Å². The van der Waals surface area contributed by atoms with Gasteiger partial charge in [-0.15, -0.1) is 11.3 Å². The zero-order valence-electron chi connectivity index (χ0n) is 18.3. The van der Waals surface area contributed by atoms with Crippen LogP contribution >= 0.6 is 11.3 Å². The lowest BCUT2D eigenvalue weighted by Crippen LogP contribution is -2.47. The normalized spacial score (nSPS) is 23.1. The van der Waals surface area contributed by atoms with Gasteiger partial charge in [0.15, 0.2) is 0 Å². The molecule has 1 saturated carbocycles. The second-order valence-corrected chi connectivity index (χ2v) is 9.46. The first-order valence-corrected chi connectivity index (χ1v) is 12.2. The van der Waals surface area contributed by atoms with Crippen LogP contribution in [-0.2, 0) is 9.63 Å². The Morgan fingerprint density at radius 1 is 1.20 bits per heavy atom. The molecule has 0 N–H and O–H groups in total. The first kappa shape index (κ1) is 21.5. The van der Waals surface area contributed by atoms with E-state index >= 15 is 0 Å². The van der Waals surface area contributed by atoms with Crippen molar-refractivity contribution in [2.75, 3.05) is 44.7 Å². The van der Waals surface area contributed by atoms with Crippen LogP contribution in [0.3, 0.4) is 0 Å². The first-order valence-electron chi connectivity index (χ1n) is 11.3. The van der Waals surface area contributed by atoms with Crippen LogP contribution < -0.4 is 4.90 Å². The molecule has 0 spiro atoms. The number of hydrogen-bond acceptors (Lipinski definition) is 6. The fourth-order valence-corrected chi connectivity index (χ4v) is 5.74. The van der Waals surface area contributed by atoms with Crippen LogP contribution in [0.5, 0.6) is 0 Å². The van der Waals surface area contributed by atoms with Crippen molar-refractivity contribution in [1.29, 1.82) is 0 Å². The van der Waals surface area contributed by atoms with Crippen molar-refractivity contribution >= 4 is 33.1 Å². The van der Waals surface area contributed by atoms with E-state index in [1.165, 1.54) is 35.9 Å². The van der Waals surface area contributed by atoms with Gasteiger partial charge in [-0.2, -0.15) is 0 Å². The molecule has 1 aliphatic carbocycles. The van der Waals surface area contributed by atoms with E-state index in [0.29, 0.717) is 6.42 Å². The second-order valence-electron chi connectivity index (χ2n) is 8.51. The molecule has 1 saturated heterocycles. The number of anilines is 1. The molecule has 0 radical (unpaired) electrons. The summed E-state index contributed by atoms with van der Waals surface area (Å²) in [5.74, 6) is 2.03. The smallest absolute Gasteiger partial charge is 0.246 e. The number of piperazine rings is 1. The molecule has 6 nitrogen and oxygen atoms in total. The third kappa shape index (κ3) is 4.79. The van der Waals surface area contributed by atoms with Gasteiger partial charge in [-0.25, -0.2) is 10.0 Å². The van der Waals surface area contributed by atoms with Gasteiger partial charge >= 0.3 is 0 Å². The molecule has 2 aromatic rings. The molecule has 2 aromatic heterocycles. The van der Waals surface area contributed by atoms with E-state index in [2.05, 4.69) is 32.3 Å². The molecule has 0 aromatic carbocycles. The van der Waals surface area contributed by atoms with Gasteiger partial charge in [-0.3, -0.25) is 14.5 Å². The maximum atomic E-state index is 12.0. The molecule has 0 unspecified atom stereocenters. The highest BCUT2D eigenvalue weighted by atomic mass is 32.1. The number of carbonyl (C=O) groups is 1. The molecule has 0 bridgehead atoms. The van der Waals surface area contributed by atoms with Crippen LogP contribution in [0.15, 0.2) is 23.7 Å². The highest BCUT2D eigenvalue weighted by molar-refractivity contribution is 7.17. The summed E-state index contributed by atoms with van der Waals surface area (Å²) < 4.78 is 1.32. The zero-order chi connectivity index (χ0) is 20.9. The monoisotopic (exact) mass is 430 g/mol. The summed E-state index contributed by atoms with van der Waals surface area (Å²) in [5, 5.41) is 5.07. The van der Waals surface area contributed by atoms with E-state index in [1.54, 1.807) is 23.5 Å². The van der Waals surface area contributed by atoms with Gasteiger partial charge < -0.3 is 4.90 Å². The predicted molar refractivity (Wildman–Crippen MR) is 123 cm³/mol. The number of rotatable bonds is 7. The molecule has 7 heteroatoms. The van der Waals surface area contributed by atoms with Gasteiger partial charge in [0.2, 0.25) is 5.91 Å². The highest BCUT2D eigenvalue weighted by Crippen LogP contribution is 2.31. The lowest BCUT2D eigenvalue weighted by Gasteiger charge is -2.38. The quantitative estimate of drug-likeness (QED) is 0.617. The molecular formula is C23H34N4O2S. The van der Waals surface area contributed by atoms with E-state index < -0.39 is 0 Å². The van der Waals surface area contributed by atoms with Gasteiger partial charge in [-0.05, 0) is 62.1 Å². The van der Waals surface area contributed by atoms with Gasteiger partial charge in [-0.1, -0.05) is 6.92 Å². The molecule has 1 amide bonds. The molecule has 30 heavy (non-hydrogen) atoms. The minimum absolute atomic E-state index is 0.103. The summed E-state index contributed by atoms with van der Waals surface area (Å²) >= 11 is 1.79. The fraction of sp³-hybridized carbons (Fsp3) is 0.652. The van der Waals surface area contributed by atoms with Gasteiger partial charge in [0.1, 0.15) is 5.82 Å². The Morgan fingerprint density at radius 3 is 2.67 bits per heavy atom. The summed E-state index contributed by atoms with van der Waals surface area (Å²) in [5.41, 5.74) is 0. The van der Waals surface area contributed by atoms with Crippen molar-refractivity contribution in [1.82, 2.24) is 14.9 Å². The average molecular weight is 431 g/mol. The van der Waals surface area contributed by atoms with Gasteiger partial charge in [0, 0.05) is 48.9 Å². The molecule has 1 aliphatic heterocycles. The van der Waals surface area contributed by atoms with Gasteiger partial charge in [0.05, 0.1) is 13.2 Å². The predicted octanol–water partition coefficient (Wildman–Crippen LogP) is 4.17. The Morgan fingerprint density at radius 2 is 1.97 bits per heavy atom. The Balaban J connectivity index is 1.20. The van der Waals surface area contributed by atoms with Crippen molar-refractivity contribution in [2.24, 2.45) is 5.92 Å². The molecule has 3 heterocycles. The topological polar surface area (TPSA) is 48.9 Å². The summed E-state index contributed by atoms with van der Waals surface area (Å²) in [4.78, 5) is 27.1. The molecule has 4 rings (SSSR count). The Hall–Kier alpha value is -1.70. The third-order valence-corrected chi connectivity index (χ3v) is 7.66. The second kappa shape index (κ2) is 10.1. The number of hydrogen-bond donors (Lipinski definition) is 0. The molecule has 2 fully saturated rings. The van der Waals surface area contributed by atoms with Crippen LogP contribution in [-0.4, -0.2) is 66.7 Å². The fourth-order valence-electron chi connectivity index (χ4n) is 4.96.